The maximum atomic E-state index is 12.6. The largest absolute Gasteiger partial charge is 0.493 e. The summed E-state index contributed by atoms with van der Waals surface area (Å²) in [5, 5.41) is 3.11. The highest BCUT2D eigenvalue weighted by atomic mass is 16.5. The van der Waals surface area contributed by atoms with Crippen molar-refractivity contribution < 1.29 is 14.3 Å². The highest BCUT2D eigenvalue weighted by Crippen LogP contribution is 2.32. The minimum atomic E-state index is -0.0395. The second kappa shape index (κ2) is 9.45. The van der Waals surface area contributed by atoms with Gasteiger partial charge in [-0.15, -0.1) is 0 Å². The van der Waals surface area contributed by atoms with E-state index in [1.807, 2.05) is 12.1 Å². The van der Waals surface area contributed by atoms with E-state index in [1.165, 1.54) is 32.2 Å². The Balaban J connectivity index is 1.56. The van der Waals surface area contributed by atoms with Gasteiger partial charge in [-0.2, -0.15) is 0 Å². The summed E-state index contributed by atoms with van der Waals surface area (Å²) in [6.07, 6.45) is 7.31. The van der Waals surface area contributed by atoms with E-state index in [0.29, 0.717) is 23.3 Å². The third-order valence-electron chi connectivity index (χ3n) is 5.85. The van der Waals surface area contributed by atoms with Crippen LogP contribution < -0.4 is 14.8 Å². The summed E-state index contributed by atoms with van der Waals surface area (Å²) in [4.78, 5) is 15.1. The minimum Gasteiger partial charge on any atom is -0.493 e. The Bertz CT molecular complexity index is 626. The van der Waals surface area contributed by atoms with Gasteiger partial charge in [-0.1, -0.05) is 0 Å². The van der Waals surface area contributed by atoms with Gasteiger partial charge in [0.05, 0.1) is 13.2 Å². The summed E-state index contributed by atoms with van der Waals surface area (Å²) >= 11 is 0. The quantitative estimate of drug-likeness (QED) is 0.787. The molecule has 5 heteroatoms. The number of hydrogen-bond acceptors (Lipinski definition) is 4. The zero-order valence-electron chi connectivity index (χ0n) is 17.0. The van der Waals surface area contributed by atoms with E-state index in [2.05, 4.69) is 24.1 Å². The van der Waals surface area contributed by atoms with Crippen molar-refractivity contribution in [3.8, 4) is 11.5 Å². The molecule has 1 heterocycles. The van der Waals surface area contributed by atoms with Gasteiger partial charge in [-0.05, 0) is 83.0 Å². The number of amides is 1. The predicted molar refractivity (Wildman–Crippen MR) is 108 cm³/mol. The van der Waals surface area contributed by atoms with Crippen LogP contribution in [0.15, 0.2) is 18.2 Å². The number of benzene rings is 1. The molecule has 1 aromatic rings. The molecule has 1 aliphatic carbocycles. The van der Waals surface area contributed by atoms with Gasteiger partial charge in [0.1, 0.15) is 0 Å². The topological polar surface area (TPSA) is 50.8 Å². The highest BCUT2D eigenvalue weighted by Gasteiger charge is 2.23. The Morgan fingerprint density at radius 3 is 2.67 bits per heavy atom. The van der Waals surface area contributed by atoms with Crippen molar-refractivity contribution in [1.29, 1.82) is 0 Å². The Labute approximate surface area is 163 Å². The van der Waals surface area contributed by atoms with E-state index in [9.17, 15) is 4.79 Å². The first-order valence-corrected chi connectivity index (χ1v) is 10.4. The first kappa shape index (κ1) is 20.0. The Morgan fingerprint density at radius 1 is 1.19 bits per heavy atom. The molecule has 0 aromatic heterocycles. The molecular weight excluding hydrogens is 340 g/mol. The van der Waals surface area contributed by atoms with Gasteiger partial charge in [0.2, 0.25) is 0 Å². The smallest absolute Gasteiger partial charge is 0.251 e. The lowest BCUT2D eigenvalue weighted by Crippen LogP contribution is -2.43. The average Bonchev–Trinajstić information content (AvgIpc) is 3.19. The monoisotopic (exact) mass is 374 g/mol. The van der Waals surface area contributed by atoms with Crippen LogP contribution in [0.3, 0.4) is 0 Å². The summed E-state index contributed by atoms with van der Waals surface area (Å²) in [7, 11) is 1.63. The van der Waals surface area contributed by atoms with Gasteiger partial charge in [-0.3, -0.25) is 4.79 Å². The number of rotatable bonds is 7. The van der Waals surface area contributed by atoms with Crippen LogP contribution in [-0.2, 0) is 0 Å². The summed E-state index contributed by atoms with van der Waals surface area (Å²) in [6, 6.07) is 6.07. The minimum absolute atomic E-state index is 0.0395. The molecule has 1 aliphatic heterocycles. The molecule has 2 aliphatic rings. The summed E-state index contributed by atoms with van der Waals surface area (Å²) < 4.78 is 11.5. The third-order valence-corrected chi connectivity index (χ3v) is 5.85. The lowest BCUT2D eigenvalue weighted by atomic mass is 9.97. The fourth-order valence-corrected chi connectivity index (χ4v) is 4.16. The van der Waals surface area contributed by atoms with Crippen LogP contribution in [0.5, 0.6) is 11.5 Å². The van der Waals surface area contributed by atoms with Crippen molar-refractivity contribution in [1.82, 2.24) is 10.2 Å². The highest BCUT2D eigenvalue weighted by molar-refractivity contribution is 5.94. The van der Waals surface area contributed by atoms with E-state index >= 15 is 0 Å². The van der Waals surface area contributed by atoms with Crippen molar-refractivity contribution in [2.45, 2.75) is 64.5 Å². The van der Waals surface area contributed by atoms with Crippen LogP contribution in [-0.4, -0.2) is 49.7 Å². The van der Waals surface area contributed by atoms with Crippen molar-refractivity contribution >= 4 is 5.91 Å². The Hall–Kier alpha value is -1.75. The molecule has 1 amide bonds. The number of piperidine rings is 1. The molecule has 1 saturated carbocycles. The first-order valence-electron chi connectivity index (χ1n) is 10.4. The first-order chi connectivity index (χ1) is 13.1. The van der Waals surface area contributed by atoms with Crippen molar-refractivity contribution in [3.05, 3.63) is 23.8 Å². The number of methoxy groups -OCH3 is 1. The summed E-state index contributed by atoms with van der Waals surface area (Å²) in [5.74, 6) is 1.86. The molecule has 27 heavy (non-hydrogen) atoms. The van der Waals surface area contributed by atoms with E-state index in [4.69, 9.17) is 9.47 Å². The standard InChI is InChI=1S/C22H34N2O3/c1-16(2)24-12-6-7-17(15-24)14-23-22(25)18-10-11-20(21(13-18)26-3)27-19-8-4-5-9-19/h10-11,13,16-17,19H,4-9,12,14-15H2,1-3H3,(H,23,25). The summed E-state index contributed by atoms with van der Waals surface area (Å²) in [6.45, 7) is 7.44. The fraction of sp³-hybridized carbons (Fsp3) is 0.682. The van der Waals surface area contributed by atoms with Crippen LogP contribution in [0, 0.1) is 5.92 Å². The molecule has 1 N–H and O–H groups in total. The van der Waals surface area contributed by atoms with Crippen LogP contribution in [0.1, 0.15) is 62.7 Å². The second-order valence-electron chi connectivity index (χ2n) is 8.20. The Morgan fingerprint density at radius 2 is 1.96 bits per heavy atom. The SMILES string of the molecule is COc1cc(C(=O)NCC2CCCN(C(C)C)C2)ccc1OC1CCCC1. The molecule has 2 fully saturated rings. The van der Waals surface area contributed by atoms with E-state index < -0.39 is 0 Å². The number of carbonyl (C=O) groups excluding carboxylic acids is 1. The van der Waals surface area contributed by atoms with Crippen LogP contribution >= 0.6 is 0 Å². The van der Waals surface area contributed by atoms with E-state index in [-0.39, 0.29) is 12.0 Å². The molecule has 1 aromatic carbocycles. The maximum absolute atomic E-state index is 12.6. The van der Waals surface area contributed by atoms with Gasteiger partial charge in [-0.25, -0.2) is 0 Å². The number of likely N-dealkylation sites (tertiary alicyclic amines) is 1. The lowest BCUT2D eigenvalue weighted by molar-refractivity contribution is 0.0922. The molecule has 3 rings (SSSR count). The summed E-state index contributed by atoms with van der Waals surface area (Å²) in [5.41, 5.74) is 0.627. The van der Waals surface area contributed by atoms with Crippen molar-refractivity contribution in [2.24, 2.45) is 5.92 Å². The number of carbonyl (C=O) groups is 1. The van der Waals surface area contributed by atoms with Crippen molar-refractivity contribution in [2.75, 3.05) is 26.7 Å². The number of hydrogen-bond donors (Lipinski definition) is 1. The van der Waals surface area contributed by atoms with Gasteiger partial charge < -0.3 is 19.7 Å². The van der Waals surface area contributed by atoms with Crippen LogP contribution in [0.4, 0.5) is 0 Å². The normalized spacial score (nSPS) is 21.4. The molecule has 1 saturated heterocycles. The molecule has 150 valence electrons. The van der Waals surface area contributed by atoms with E-state index in [0.717, 1.165) is 31.7 Å². The molecule has 5 nitrogen and oxygen atoms in total. The zero-order valence-corrected chi connectivity index (χ0v) is 17.0. The van der Waals surface area contributed by atoms with Gasteiger partial charge in [0.15, 0.2) is 11.5 Å². The lowest BCUT2D eigenvalue weighted by Gasteiger charge is -2.35. The van der Waals surface area contributed by atoms with Crippen molar-refractivity contribution in [3.63, 3.8) is 0 Å². The zero-order chi connectivity index (χ0) is 19.2. The molecule has 0 radical (unpaired) electrons. The van der Waals surface area contributed by atoms with Gasteiger partial charge >= 0.3 is 0 Å². The third kappa shape index (κ3) is 5.38. The molecule has 0 spiro atoms. The predicted octanol–water partition coefficient (Wildman–Crippen LogP) is 3.87. The molecule has 1 atom stereocenters. The molecule has 0 bridgehead atoms. The van der Waals surface area contributed by atoms with Crippen LogP contribution in [0.25, 0.3) is 0 Å². The van der Waals surface area contributed by atoms with Crippen LogP contribution in [0.2, 0.25) is 0 Å². The number of nitrogens with one attached hydrogen (secondary N) is 1. The Kier molecular flexibility index (Phi) is 7.00. The number of ether oxygens (including phenoxy) is 2. The van der Waals surface area contributed by atoms with Gasteiger partial charge in [0.25, 0.3) is 5.91 Å². The van der Waals surface area contributed by atoms with Gasteiger partial charge in [0, 0.05) is 24.7 Å². The molecule has 1 unspecified atom stereocenters. The fourth-order valence-electron chi connectivity index (χ4n) is 4.16. The second-order valence-corrected chi connectivity index (χ2v) is 8.20. The molecular formula is C22H34N2O3. The average molecular weight is 375 g/mol. The number of nitrogens with zero attached hydrogens (tertiary/aromatic N) is 1. The maximum Gasteiger partial charge on any atom is 0.251 e. The van der Waals surface area contributed by atoms with E-state index in [1.54, 1.807) is 13.2 Å².